The number of rotatable bonds is 2. The second-order valence-corrected chi connectivity index (χ2v) is 6.43. The number of hydrogen-bond donors (Lipinski definition) is 2. The van der Waals surface area contributed by atoms with Gasteiger partial charge in [-0.3, -0.25) is 4.79 Å². The summed E-state index contributed by atoms with van der Waals surface area (Å²) >= 11 is 1.47. The van der Waals surface area contributed by atoms with Crippen molar-refractivity contribution in [3.63, 3.8) is 0 Å². The van der Waals surface area contributed by atoms with E-state index >= 15 is 0 Å². The van der Waals surface area contributed by atoms with Crippen LogP contribution in [0.3, 0.4) is 0 Å². The molecule has 1 aliphatic carbocycles. The van der Waals surface area contributed by atoms with Crippen LogP contribution in [0.4, 0.5) is 5.95 Å². The summed E-state index contributed by atoms with van der Waals surface area (Å²) in [5.41, 5.74) is 2.64. The van der Waals surface area contributed by atoms with Gasteiger partial charge < -0.3 is 10.4 Å². The maximum absolute atomic E-state index is 12.6. The van der Waals surface area contributed by atoms with Crippen LogP contribution in [0.1, 0.15) is 30.9 Å². The summed E-state index contributed by atoms with van der Waals surface area (Å²) in [6.07, 6.45) is 4.19. The zero-order valence-electron chi connectivity index (χ0n) is 12.6. The highest BCUT2D eigenvalue weighted by molar-refractivity contribution is 7.98. The Morgan fingerprint density at radius 3 is 2.83 bits per heavy atom. The number of ketones is 1. The number of benzene rings is 1. The van der Waals surface area contributed by atoms with Crippen molar-refractivity contribution in [1.82, 2.24) is 14.8 Å². The lowest BCUT2D eigenvalue weighted by atomic mass is 9.85. The van der Waals surface area contributed by atoms with Crippen LogP contribution in [0.5, 0.6) is 5.75 Å². The number of hydrogen-bond acceptors (Lipinski definition) is 6. The molecule has 0 fully saturated rings. The van der Waals surface area contributed by atoms with Crippen LogP contribution in [-0.4, -0.2) is 31.9 Å². The van der Waals surface area contributed by atoms with E-state index in [1.165, 1.54) is 11.8 Å². The van der Waals surface area contributed by atoms with Crippen molar-refractivity contribution in [3.8, 4) is 5.75 Å². The van der Waals surface area contributed by atoms with Gasteiger partial charge in [0.25, 0.3) is 0 Å². The Labute approximate surface area is 137 Å². The molecule has 0 spiro atoms. The largest absolute Gasteiger partial charge is 0.508 e. The van der Waals surface area contributed by atoms with Gasteiger partial charge in [-0.15, -0.1) is 5.10 Å². The first kappa shape index (κ1) is 14.3. The van der Waals surface area contributed by atoms with Gasteiger partial charge in [0.2, 0.25) is 11.1 Å². The van der Waals surface area contributed by atoms with Crippen LogP contribution >= 0.6 is 11.8 Å². The Hall–Kier alpha value is -2.28. The number of fused-ring (bicyclic) bond motifs is 1. The maximum atomic E-state index is 12.6. The molecule has 7 heteroatoms. The summed E-state index contributed by atoms with van der Waals surface area (Å²) in [6, 6.07) is 6.65. The van der Waals surface area contributed by atoms with E-state index in [-0.39, 0.29) is 17.6 Å². The molecule has 2 aliphatic rings. The van der Waals surface area contributed by atoms with Gasteiger partial charge in [0.05, 0.1) is 0 Å². The van der Waals surface area contributed by atoms with Crippen molar-refractivity contribution < 1.29 is 9.90 Å². The summed E-state index contributed by atoms with van der Waals surface area (Å²) in [4.78, 5) is 17.0. The first-order valence-electron chi connectivity index (χ1n) is 7.50. The molecule has 0 bridgehead atoms. The molecule has 1 aliphatic heterocycles. The molecule has 6 nitrogen and oxygen atoms in total. The van der Waals surface area contributed by atoms with Crippen LogP contribution in [0, 0.1) is 0 Å². The molecule has 0 radical (unpaired) electrons. The Morgan fingerprint density at radius 2 is 2.09 bits per heavy atom. The van der Waals surface area contributed by atoms with Gasteiger partial charge in [0.1, 0.15) is 11.8 Å². The van der Waals surface area contributed by atoms with Gasteiger partial charge in [0.15, 0.2) is 5.78 Å². The lowest BCUT2D eigenvalue weighted by molar-refractivity contribution is -0.116. The molecule has 1 atom stereocenters. The fourth-order valence-corrected chi connectivity index (χ4v) is 3.54. The van der Waals surface area contributed by atoms with Crippen LogP contribution in [-0.2, 0) is 4.79 Å². The number of phenols is 1. The Kier molecular flexibility index (Phi) is 3.37. The number of aromatic hydroxyl groups is 1. The maximum Gasteiger partial charge on any atom is 0.227 e. The zero-order valence-corrected chi connectivity index (χ0v) is 13.4. The summed E-state index contributed by atoms with van der Waals surface area (Å²) in [6.45, 7) is 0. The van der Waals surface area contributed by atoms with Crippen LogP contribution < -0.4 is 5.32 Å². The number of nitrogens with zero attached hydrogens (tertiary/aromatic N) is 3. The van der Waals surface area contributed by atoms with E-state index in [0.717, 1.165) is 29.7 Å². The Morgan fingerprint density at radius 1 is 1.30 bits per heavy atom. The third-order valence-corrected chi connectivity index (χ3v) is 4.78. The monoisotopic (exact) mass is 328 g/mol. The smallest absolute Gasteiger partial charge is 0.227 e. The highest BCUT2D eigenvalue weighted by Crippen LogP contribution is 2.40. The van der Waals surface area contributed by atoms with Crippen molar-refractivity contribution in [2.24, 2.45) is 0 Å². The van der Waals surface area contributed by atoms with E-state index in [2.05, 4.69) is 15.4 Å². The van der Waals surface area contributed by atoms with Crippen LogP contribution in [0.25, 0.3) is 0 Å². The minimum absolute atomic E-state index is 0.156. The topological polar surface area (TPSA) is 80.0 Å². The van der Waals surface area contributed by atoms with E-state index in [9.17, 15) is 9.90 Å². The van der Waals surface area contributed by atoms with Gasteiger partial charge >= 0.3 is 0 Å². The van der Waals surface area contributed by atoms with E-state index in [4.69, 9.17) is 0 Å². The molecule has 0 saturated carbocycles. The number of carbonyl (C=O) groups is 1. The first-order chi connectivity index (χ1) is 11.2. The number of thioether (sulfide) groups is 1. The molecule has 4 rings (SSSR count). The first-order valence-corrected chi connectivity index (χ1v) is 8.72. The van der Waals surface area contributed by atoms with Crippen molar-refractivity contribution in [2.45, 2.75) is 30.5 Å². The zero-order chi connectivity index (χ0) is 16.0. The third kappa shape index (κ3) is 2.31. The molecule has 1 unspecified atom stereocenters. The lowest BCUT2D eigenvalue weighted by Gasteiger charge is -2.32. The van der Waals surface area contributed by atoms with Crippen LogP contribution in [0.2, 0.25) is 0 Å². The number of anilines is 1. The third-order valence-electron chi connectivity index (χ3n) is 4.24. The van der Waals surface area contributed by atoms with Crippen LogP contribution in [0.15, 0.2) is 40.7 Å². The van der Waals surface area contributed by atoms with Gasteiger partial charge in [0, 0.05) is 17.7 Å². The SMILES string of the molecule is CSc1nc2n(n1)C(c1ccc(O)cc1)C1=C(CCCC1=O)N2. The summed E-state index contributed by atoms with van der Waals surface area (Å²) in [7, 11) is 0. The van der Waals surface area contributed by atoms with E-state index in [0.29, 0.717) is 17.5 Å². The predicted octanol–water partition coefficient (Wildman–Crippen LogP) is 2.73. The summed E-state index contributed by atoms with van der Waals surface area (Å²) in [5, 5.41) is 18.0. The average molecular weight is 328 g/mol. The van der Waals surface area contributed by atoms with E-state index < -0.39 is 0 Å². The minimum Gasteiger partial charge on any atom is -0.508 e. The Balaban J connectivity index is 1.90. The highest BCUT2D eigenvalue weighted by atomic mass is 32.2. The molecule has 0 saturated heterocycles. The minimum atomic E-state index is -0.289. The number of nitrogens with one attached hydrogen (secondary N) is 1. The molecule has 1 aromatic heterocycles. The van der Waals surface area contributed by atoms with E-state index in [1.54, 1.807) is 16.8 Å². The van der Waals surface area contributed by atoms with Gasteiger partial charge in [-0.2, -0.15) is 4.98 Å². The van der Waals surface area contributed by atoms with Crippen molar-refractivity contribution in [2.75, 3.05) is 11.6 Å². The summed E-state index contributed by atoms with van der Waals surface area (Å²) in [5.74, 6) is 1.03. The molecule has 2 heterocycles. The van der Waals surface area contributed by atoms with Gasteiger partial charge in [-0.1, -0.05) is 23.9 Å². The quantitative estimate of drug-likeness (QED) is 0.825. The second kappa shape index (κ2) is 5.42. The van der Waals surface area contributed by atoms with Crippen molar-refractivity contribution >= 4 is 23.5 Å². The fraction of sp³-hybridized carbons (Fsp3) is 0.312. The number of Topliss-reactive ketones (excluding diaryl/α,β-unsaturated/α-hetero) is 1. The molecular weight excluding hydrogens is 312 g/mol. The predicted molar refractivity (Wildman–Crippen MR) is 87.6 cm³/mol. The normalized spacial score (nSPS) is 20.0. The number of allylic oxidation sites excluding steroid dienone is 2. The average Bonchev–Trinajstić information content (AvgIpc) is 2.97. The lowest BCUT2D eigenvalue weighted by Crippen LogP contribution is -2.31. The molecule has 2 N–H and O–H groups in total. The van der Waals surface area contributed by atoms with E-state index in [1.807, 2.05) is 18.4 Å². The van der Waals surface area contributed by atoms with Gasteiger partial charge in [-0.05, 0) is 36.8 Å². The van der Waals surface area contributed by atoms with Gasteiger partial charge in [-0.25, -0.2) is 4.68 Å². The standard InChI is InChI=1S/C16H16N4O2S/c1-23-16-18-15-17-11-3-2-4-12(22)13(11)14(20(15)19-16)9-5-7-10(21)8-6-9/h5-8,14,21H,2-4H2,1H3,(H,17,18,19). The molecule has 2 aromatic rings. The summed E-state index contributed by atoms with van der Waals surface area (Å²) < 4.78 is 1.78. The second-order valence-electron chi connectivity index (χ2n) is 5.65. The molecule has 0 amide bonds. The number of aromatic nitrogens is 3. The molecule has 1 aromatic carbocycles. The molecular formula is C16H16N4O2S. The fourth-order valence-electron chi connectivity index (χ4n) is 3.19. The molecule has 118 valence electrons. The van der Waals surface area contributed by atoms with Crippen molar-refractivity contribution in [3.05, 3.63) is 41.1 Å². The number of carbonyl (C=O) groups excluding carboxylic acids is 1. The van der Waals surface area contributed by atoms with Crippen molar-refractivity contribution in [1.29, 1.82) is 0 Å². The molecule has 23 heavy (non-hydrogen) atoms. The highest BCUT2D eigenvalue weighted by Gasteiger charge is 2.36. The number of phenolic OH excluding ortho intramolecular Hbond substituents is 1. The Bertz CT molecular complexity index is 810.